The number of anilines is 1. The second kappa shape index (κ2) is 3.83. The Kier molecular flexibility index (Phi) is 2.36. The van der Waals surface area contributed by atoms with Crippen molar-refractivity contribution >= 4 is 16.7 Å². The SMILES string of the molecule is C=CCNc1ncnc2ccncc12. The second-order valence-corrected chi connectivity index (χ2v) is 2.78. The molecular formula is C10H10N4. The standard InChI is InChI=1S/C10H10N4/c1-2-4-12-10-8-6-11-5-3-9(8)13-7-14-10/h2-3,5-7H,1,4H2,(H,12,13,14). The number of aromatic nitrogens is 3. The molecule has 0 unspecified atom stereocenters. The molecule has 2 aromatic rings. The molecule has 4 heteroatoms. The zero-order valence-corrected chi connectivity index (χ0v) is 7.64. The fourth-order valence-electron chi connectivity index (χ4n) is 1.21. The van der Waals surface area contributed by atoms with Gasteiger partial charge in [-0.3, -0.25) is 4.98 Å². The van der Waals surface area contributed by atoms with Crippen LogP contribution in [0.1, 0.15) is 0 Å². The summed E-state index contributed by atoms with van der Waals surface area (Å²) in [5.74, 6) is 0.794. The molecule has 0 aromatic carbocycles. The van der Waals surface area contributed by atoms with E-state index in [0.717, 1.165) is 16.7 Å². The monoisotopic (exact) mass is 186 g/mol. The molecule has 0 aliphatic carbocycles. The quantitative estimate of drug-likeness (QED) is 0.740. The minimum atomic E-state index is 0.682. The van der Waals surface area contributed by atoms with E-state index in [-0.39, 0.29) is 0 Å². The van der Waals surface area contributed by atoms with Crippen molar-refractivity contribution in [3.05, 3.63) is 37.4 Å². The molecule has 2 rings (SSSR count). The average Bonchev–Trinajstić information content (AvgIpc) is 2.26. The first kappa shape index (κ1) is 8.62. The van der Waals surface area contributed by atoms with Crippen LogP contribution in [0.25, 0.3) is 10.9 Å². The molecule has 70 valence electrons. The Hall–Kier alpha value is -1.97. The summed E-state index contributed by atoms with van der Waals surface area (Å²) >= 11 is 0. The molecule has 0 fully saturated rings. The van der Waals surface area contributed by atoms with Gasteiger partial charge in [0.2, 0.25) is 0 Å². The van der Waals surface area contributed by atoms with Crippen LogP contribution in [-0.4, -0.2) is 21.5 Å². The Morgan fingerprint density at radius 3 is 3.21 bits per heavy atom. The number of hydrogen-bond acceptors (Lipinski definition) is 4. The van der Waals surface area contributed by atoms with Crippen LogP contribution in [0.5, 0.6) is 0 Å². The lowest BCUT2D eigenvalue weighted by molar-refractivity contribution is 1.17. The van der Waals surface area contributed by atoms with Gasteiger partial charge in [-0.05, 0) is 6.07 Å². The molecule has 0 saturated carbocycles. The average molecular weight is 186 g/mol. The highest BCUT2D eigenvalue weighted by atomic mass is 15.0. The van der Waals surface area contributed by atoms with Crippen molar-refractivity contribution in [2.24, 2.45) is 0 Å². The highest BCUT2D eigenvalue weighted by Gasteiger charge is 2.00. The van der Waals surface area contributed by atoms with Gasteiger partial charge in [0.1, 0.15) is 12.1 Å². The fraction of sp³-hybridized carbons (Fsp3) is 0.100. The van der Waals surface area contributed by atoms with E-state index in [9.17, 15) is 0 Å². The topological polar surface area (TPSA) is 50.7 Å². The molecule has 4 nitrogen and oxygen atoms in total. The van der Waals surface area contributed by atoms with Gasteiger partial charge in [0.25, 0.3) is 0 Å². The van der Waals surface area contributed by atoms with Gasteiger partial charge in [-0.2, -0.15) is 0 Å². The third kappa shape index (κ3) is 1.54. The van der Waals surface area contributed by atoms with Gasteiger partial charge < -0.3 is 5.32 Å². The van der Waals surface area contributed by atoms with E-state index in [2.05, 4.69) is 26.8 Å². The maximum atomic E-state index is 4.13. The van der Waals surface area contributed by atoms with Gasteiger partial charge in [-0.25, -0.2) is 9.97 Å². The summed E-state index contributed by atoms with van der Waals surface area (Å²) in [7, 11) is 0. The van der Waals surface area contributed by atoms with Gasteiger partial charge in [0.05, 0.1) is 10.9 Å². The van der Waals surface area contributed by atoms with Crippen LogP contribution in [0.15, 0.2) is 37.4 Å². The van der Waals surface area contributed by atoms with Crippen molar-refractivity contribution in [3.63, 3.8) is 0 Å². The molecule has 1 N–H and O–H groups in total. The maximum absolute atomic E-state index is 4.13. The molecule has 0 atom stereocenters. The van der Waals surface area contributed by atoms with E-state index in [1.165, 1.54) is 6.33 Å². The summed E-state index contributed by atoms with van der Waals surface area (Å²) in [6.07, 6.45) is 6.78. The molecule has 0 amide bonds. The summed E-state index contributed by atoms with van der Waals surface area (Å²) < 4.78 is 0. The Balaban J connectivity index is 2.48. The van der Waals surface area contributed by atoms with Crippen LogP contribution < -0.4 is 5.32 Å². The Bertz CT molecular complexity index is 447. The predicted octanol–water partition coefficient (Wildman–Crippen LogP) is 1.62. The summed E-state index contributed by atoms with van der Waals surface area (Å²) in [5, 5.41) is 4.06. The second-order valence-electron chi connectivity index (χ2n) is 2.78. The Morgan fingerprint density at radius 1 is 1.43 bits per heavy atom. The van der Waals surface area contributed by atoms with Crippen LogP contribution in [0.4, 0.5) is 5.82 Å². The van der Waals surface area contributed by atoms with Crippen molar-refractivity contribution in [3.8, 4) is 0 Å². The first-order valence-corrected chi connectivity index (χ1v) is 4.31. The number of fused-ring (bicyclic) bond motifs is 1. The molecular weight excluding hydrogens is 176 g/mol. The van der Waals surface area contributed by atoms with Gasteiger partial charge in [-0.1, -0.05) is 6.08 Å². The van der Waals surface area contributed by atoms with Crippen molar-refractivity contribution in [2.45, 2.75) is 0 Å². The van der Waals surface area contributed by atoms with E-state index in [1.54, 1.807) is 18.5 Å². The van der Waals surface area contributed by atoms with E-state index >= 15 is 0 Å². The van der Waals surface area contributed by atoms with E-state index < -0.39 is 0 Å². The lowest BCUT2D eigenvalue weighted by Gasteiger charge is -2.04. The summed E-state index contributed by atoms with van der Waals surface area (Å²) in [5.41, 5.74) is 0.890. The summed E-state index contributed by atoms with van der Waals surface area (Å²) in [6, 6.07) is 1.86. The largest absolute Gasteiger partial charge is 0.366 e. The minimum absolute atomic E-state index is 0.682. The molecule has 0 saturated heterocycles. The maximum Gasteiger partial charge on any atom is 0.139 e. The van der Waals surface area contributed by atoms with Gasteiger partial charge in [0, 0.05) is 18.9 Å². The lowest BCUT2D eigenvalue weighted by atomic mass is 10.3. The van der Waals surface area contributed by atoms with Crippen LogP contribution in [0.3, 0.4) is 0 Å². The molecule has 0 aliphatic rings. The zero-order chi connectivity index (χ0) is 9.80. The third-order valence-corrected chi connectivity index (χ3v) is 1.85. The van der Waals surface area contributed by atoms with Gasteiger partial charge in [-0.15, -0.1) is 6.58 Å². The third-order valence-electron chi connectivity index (χ3n) is 1.85. The van der Waals surface area contributed by atoms with E-state index in [4.69, 9.17) is 0 Å². The number of pyridine rings is 1. The number of hydrogen-bond donors (Lipinski definition) is 1. The summed E-state index contributed by atoms with van der Waals surface area (Å²) in [6.45, 7) is 4.32. The van der Waals surface area contributed by atoms with Crippen LogP contribution in [-0.2, 0) is 0 Å². The van der Waals surface area contributed by atoms with Crippen molar-refractivity contribution in [1.29, 1.82) is 0 Å². The van der Waals surface area contributed by atoms with Crippen molar-refractivity contribution < 1.29 is 0 Å². The molecule has 0 aliphatic heterocycles. The van der Waals surface area contributed by atoms with E-state index in [1.807, 2.05) is 6.07 Å². The molecule has 2 aromatic heterocycles. The van der Waals surface area contributed by atoms with Crippen molar-refractivity contribution in [1.82, 2.24) is 15.0 Å². The Labute approximate surface area is 81.7 Å². The number of nitrogens with one attached hydrogen (secondary N) is 1. The normalized spacial score (nSPS) is 10.0. The van der Waals surface area contributed by atoms with Crippen LogP contribution in [0.2, 0.25) is 0 Å². The highest BCUT2D eigenvalue weighted by Crippen LogP contribution is 2.16. The fourth-order valence-corrected chi connectivity index (χ4v) is 1.21. The highest BCUT2D eigenvalue weighted by molar-refractivity contribution is 5.87. The van der Waals surface area contributed by atoms with Crippen LogP contribution in [0, 0.1) is 0 Å². The lowest BCUT2D eigenvalue weighted by Crippen LogP contribution is -2.01. The molecule has 0 spiro atoms. The smallest absolute Gasteiger partial charge is 0.139 e. The van der Waals surface area contributed by atoms with E-state index in [0.29, 0.717) is 6.54 Å². The minimum Gasteiger partial charge on any atom is -0.366 e. The molecule has 2 heterocycles. The van der Waals surface area contributed by atoms with Crippen molar-refractivity contribution in [2.75, 3.05) is 11.9 Å². The molecule has 0 bridgehead atoms. The van der Waals surface area contributed by atoms with Crippen LogP contribution >= 0.6 is 0 Å². The van der Waals surface area contributed by atoms with Gasteiger partial charge >= 0.3 is 0 Å². The molecule has 14 heavy (non-hydrogen) atoms. The first-order chi connectivity index (χ1) is 6.92. The van der Waals surface area contributed by atoms with Gasteiger partial charge in [0.15, 0.2) is 0 Å². The predicted molar refractivity (Wildman–Crippen MR) is 56.0 cm³/mol. The molecule has 0 radical (unpaired) electrons. The number of nitrogens with zero attached hydrogens (tertiary/aromatic N) is 3. The Morgan fingerprint density at radius 2 is 2.36 bits per heavy atom. The summed E-state index contributed by atoms with van der Waals surface area (Å²) in [4.78, 5) is 12.3. The number of rotatable bonds is 3. The zero-order valence-electron chi connectivity index (χ0n) is 7.64. The first-order valence-electron chi connectivity index (χ1n) is 4.31.